The Morgan fingerprint density at radius 3 is 2.86 bits per heavy atom. The van der Waals surface area contributed by atoms with E-state index in [0.29, 0.717) is 23.0 Å². The number of halogens is 2. The zero-order valence-corrected chi connectivity index (χ0v) is 15.0. The summed E-state index contributed by atoms with van der Waals surface area (Å²) < 4.78 is 34.2. The van der Waals surface area contributed by atoms with E-state index in [0.717, 1.165) is 0 Å². The molecule has 1 unspecified atom stereocenters. The molecule has 0 aliphatic carbocycles. The summed E-state index contributed by atoms with van der Waals surface area (Å²) in [7, 11) is 0. The van der Waals surface area contributed by atoms with Crippen LogP contribution in [0.25, 0.3) is 11.5 Å². The molecule has 0 fully saturated rings. The van der Waals surface area contributed by atoms with E-state index in [1.807, 2.05) is 6.07 Å². The fourth-order valence-electron chi connectivity index (χ4n) is 2.53. The van der Waals surface area contributed by atoms with Gasteiger partial charge in [0.2, 0.25) is 17.6 Å². The third kappa shape index (κ3) is 5.32. The van der Waals surface area contributed by atoms with Crippen molar-refractivity contribution in [3.05, 3.63) is 60.1 Å². The van der Waals surface area contributed by atoms with E-state index in [1.165, 1.54) is 12.1 Å². The van der Waals surface area contributed by atoms with Crippen LogP contribution in [0.1, 0.15) is 30.8 Å². The molecule has 0 radical (unpaired) electrons. The molecule has 0 aliphatic rings. The van der Waals surface area contributed by atoms with Gasteiger partial charge in [-0.3, -0.25) is 9.78 Å². The summed E-state index contributed by atoms with van der Waals surface area (Å²) in [4.78, 5) is 20.5. The first-order valence-electron chi connectivity index (χ1n) is 8.59. The average molecular weight is 388 g/mol. The number of ether oxygens (including phenoxy) is 1. The van der Waals surface area contributed by atoms with Crippen LogP contribution in [-0.4, -0.2) is 27.6 Å². The first kappa shape index (κ1) is 19.4. The van der Waals surface area contributed by atoms with Crippen molar-refractivity contribution in [2.24, 2.45) is 0 Å². The van der Waals surface area contributed by atoms with E-state index in [-0.39, 0.29) is 30.5 Å². The van der Waals surface area contributed by atoms with Crippen molar-refractivity contribution in [1.29, 1.82) is 0 Å². The van der Waals surface area contributed by atoms with E-state index in [1.54, 1.807) is 37.4 Å². The molecule has 0 saturated heterocycles. The fraction of sp³-hybridized carbons (Fsp3) is 0.263. The van der Waals surface area contributed by atoms with Gasteiger partial charge in [0.05, 0.1) is 6.04 Å². The second-order valence-corrected chi connectivity index (χ2v) is 5.97. The van der Waals surface area contributed by atoms with Crippen LogP contribution in [0.5, 0.6) is 5.75 Å². The molecule has 146 valence electrons. The molecule has 2 aromatic heterocycles. The number of aryl methyl sites for hydroxylation is 1. The number of carbonyl (C=O) groups is 1. The van der Waals surface area contributed by atoms with Gasteiger partial charge in [0.1, 0.15) is 11.4 Å². The number of hydrogen-bond donors (Lipinski definition) is 1. The minimum atomic E-state index is -2.90. The Bertz CT molecular complexity index is 918. The second kappa shape index (κ2) is 9.03. The van der Waals surface area contributed by atoms with Gasteiger partial charge < -0.3 is 14.6 Å². The molecule has 1 N–H and O–H groups in total. The van der Waals surface area contributed by atoms with Crippen molar-refractivity contribution >= 4 is 5.91 Å². The van der Waals surface area contributed by atoms with Crippen LogP contribution in [0.4, 0.5) is 8.78 Å². The molecule has 3 aromatic rings. The van der Waals surface area contributed by atoms with Crippen molar-refractivity contribution in [3.8, 4) is 17.3 Å². The number of carbonyl (C=O) groups excluding carboxylic acids is 1. The summed E-state index contributed by atoms with van der Waals surface area (Å²) in [6.07, 6.45) is 2.04. The predicted octanol–water partition coefficient (Wildman–Crippen LogP) is 3.54. The van der Waals surface area contributed by atoms with Gasteiger partial charge in [0.15, 0.2) is 0 Å². The zero-order chi connectivity index (χ0) is 19.9. The summed E-state index contributed by atoms with van der Waals surface area (Å²) in [5.74, 6) is 0.503. The molecule has 2 heterocycles. The van der Waals surface area contributed by atoms with E-state index >= 15 is 0 Å². The number of aromatic nitrogens is 3. The van der Waals surface area contributed by atoms with Crippen LogP contribution >= 0.6 is 0 Å². The van der Waals surface area contributed by atoms with Crippen molar-refractivity contribution in [2.45, 2.75) is 32.4 Å². The maximum absolute atomic E-state index is 12.3. The highest BCUT2D eigenvalue weighted by molar-refractivity contribution is 5.76. The molecule has 0 saturated carbocycles. The smallest absolute Gasteiger partial charge is 0.387 e. The van der Waals surface area contributed by atoms with Crippen molar-refractivity contribution in [3.63, 3.8) is 0 Å². The van der Waals surface area contributed by atoms with Crippen LogP contribution in [0.2, 0.25) is 0 Å². The molecular weight excluding hydrogens is 370 g/mol. The summed E-state index contributed by atoms with van der Waals surface area (Å²) in [6, 6.07) is 11.2. The molecule has 0 bridgehead atoms. The Morgan fingerprint density at radius 1 is 1.25 bits per heavy atom. The SMILES string of the molecule is CC(NC(=O)CCc1nc(-c2ccccn2)no1)c1cccc(OC(F)F)c1. The Balaban J connectivity index is 1.52. The molecule has 0 aliphatic heterocycles. The number of rotatable bonds is 8. The number of alkyl halides is 2. The van der Waals surface area contributed by atoms with Crippen LogP contribution in [0.3, 0.4) is 0 Å². The lowest BCUT2D eigenvalue weighted by Crippen LogP contribution is -2.26. The van der Waals surface area contributed by atoms with Gasteiger partial charge in [-0.15, -0.1) is 0 Å². The standard InChI is InChI=1S/C19H18F2N4O3/c1-12(13-5-4-6-14(11-13)27-19(20)21)23-16(26)8-9-17-24-18(25-28-17)15-7-2-3-10-22-15/h2-7,10-12,19H,8-9H2,1H3,(H,23,26). The summed E-state index contributed by atoms with van der Waals surface area (Å²) in [6.45, 7) is -1.14. The molecular formula is C19H18F2N4O3. The number of nitrogens with zero attached hydrogens (tertiary/aromatic N) is 3. The molecule has 1 atom stereocenters. The van der Waals surface area contributed by atoms with Crippen molar-refractivity contribution in [1.82, 2.24) is 20.4 Å². The third-order valence-electron chi connectivity index (χ3n) is 3.89. The molecule has 1 aromatic carbocycles. The Hall–Kier alpha value is -3.36. The van der Waals surface area contributed by atoms with Crippen LogP contribution < -0.4 is 10.1 Å². The van der Waals surface area contributed by atoms with Gasteiger partial charge >= 0.3 is 6.61 Å². The lowest BCUT2D eigenvalue weighted by Gasteiger charge is -2.15. The number of benzene rings is 1. The van der Waals surface area contributed by atoms with E-state index in [4.69, 9.17) is 4.52 Å². The van der Waals surface area contributed by atoms with Gasteiger partial charge in [-0.2, -0.15) is 13.8 Å². The monoisotopic (exact) mass is 388 g/mol. The van der Waals surface area contributed by atoms with Crippen LogP contribution in [0.15, 0.2) is 53.2 Å². The Morgan fingerprint density at radius 2 is 2.11 bits per heavy atom. The third-order valence-corrected chi connectivity index (χ3v) is 3.89. The van der Waals surface area contributed by atoms with Crippen LogP contribution in [-0.2, 0) is 11.2 Å². The Kier molecular flexibility index (Phi) is 6.25. The van der Waals surface area contributed by atoms with E-state index in [2.05, 4.69) is 25.2 Å². The predicted molar refractivity (Wildman–Crippen MR) is 95.5 cm³/mol. The normalized spacial score (nSPS) is 12.0. The molecule has 0 spiro atoms. The number of amides is 1. The highest BCUT2D eigenvalue weighted by Gasteiger charge is 2.14. The molecule has 9 heteroatoms. The highest BCUT2D eigenvalue weighted by atomic mass is 19.3. The minimum absolute atomic E-state index is 0.0431. The first-order chi connectivity index (χ1) is 13.5. The summed E-state index contributed by atoms with van der Waals surface area (Å²) in [5, 5.41) is 6.65. The van der Waals surface area contributed by atoms with Gasteiger partial charge in [-0.1, -0.05) is 23.4 Å². The first-order valence-corrected chi connectivity index (χ1v) is 8.59. The van der Waals surface area contributed by atoms with Gasteiger partial charge in [0, 0.05) is 19.0 Å². The largest absolute Gasteiger partial charge is 0.435 e. The minimum Gasteiger partial charge on any atom is -0.435 e. The molecule has 7 nitrogen and oxygen atoms in total. The zero-order valence-electron chi connectivity index (χ0n) is 15.0. The summed E-state index contributed by atoms with van der Waals surface area (Å²) in [5.41, 5.74) is 1.24. The van der Waals surface area contributed by atoms with E-state index < -0.39 is 6.61 Å². The van der Waals surface area contributed by atoms with Crippen LogP contribution in [0, 0.1) is 0 Å². The van der Waals surface area contributed by atoms with Crippen molar-refractivity contribution < 1.29 is 22.8 Å². The highest BCUT2D eigenvalue weighted by Crippen LogP contribution is 2.21. The quantitative estimate of drug-likeness (QED) is 0.635. The van der Waals surface area contributed by atoms with Gasteiger partial charge in [0.25, 0.3) is 0 Å². The van der Waals surface area contributed by atoms with E-state index in [9.17, 15) is 13.6 Å². The fourth-order valence-corrected chi connectivity index (χ4v) is 2.53. The number of hydrogen-bond acceptors (Lipinski definition) is 6. The van der Waals surface area contributed by atoms with Crippen molar-refractivity contribution in [2.75, 3.05) is 0 Å². The summed E-state index contributed by atoms with van der Waals surface area (Å²) >= 11 is 0. The molecule has 28 heavy (non-hydrogen) atoms. The second-order valence-electron chi connectivity index (χ2n) is 5.97. The Labute approximate surface area is 159 Å². The average Bonchev–Trinajstić information content (AvgIpc) is 3.16. The molecule has 1 amide bonds. The topological polar surface area (TPSA) is 90.1 Å². The number of pyridine rings is 1. The maximum Gasteiger partial charge on any atom is 0.387 e. The maximum atomic E-state index is 12.3. The lowest BCUT2D eigenvalue weighted by atomic mass is 10.1. The lowest BCUT2D eigenvalue weighted by molar-refractivity contribution is -0.121. The number of nitrogens with one attached hydrogen (secondary N) is 1. The molecule has 3 rings (SSSR count). The van der Waals surface area contributed by atoms with Gasteiger partial charge in [-0.05, 0) is 36.8 Å². The van der Waals surface area contributed by atoms with Gasteiger partial charge in [-0.25, -0.2) is 0 Å².